The van der Waals surface area contributed by atoms with Gasteiger partial charge in [0.25, 0.3) is 0 Å². The van der Waals surface area contributed by atoms with E-state index >= 15 is 0 Å². The first-order valence-electron chi connectivity index (χ1n) is 5.89. The van der Waals surface area contributed by atoms with E-state index in [-0.39, 0.29) is 40.5 Å². The maximum atomic E-state index is 10.5. The molecule has 19 heavy (non-hydrogen) atoms. The minimum Gasteiger partial charge on any atom is -0.596 e. The van der Waals surface area contributed by atoms with E-state index in [1.54, 1.807) is 0 Å². The van der Waals surface area contributed by atoms with E-state index in [1.807, 2.05) is 0 Å². The van der Waals surface area contributed by atoms with Crippen LogP contribution in [-0.4, -0.2) is 53.7 Å². The summed E-state index contributed by atoms with van der Waals surface area (Å²) in [6.07, 6.45) is 0.344. The number of ether oxygens (including phenoxy) is 2. The van der Waals surface area contributed by atoms with Gasteiger partial charge in [-0.15, -0.1) is 0 Å². The molecular weight excluding hydrogens is 265 g/mol. The summed E-state index contributed by atoms with van der Waals surface area (Å²) in [6, 6.07) is 0. The van der Waals surface area contributed by atoms with Gasteiger partial charge in [0.05, 0.1) is 35.2 Å². The minimum absolute atomic E-state index is 0. The van der Waals surface area contributed by atoms with Crippen LogP contribution in [0.3, 0.4) is 0 Å². The third kappa shape index (κ3) is 15.9. The second-order valence-corrected chi connectivity index (χ2v) is 5.34. The van der Waals surface area contributed by atoms with Gasteiger partial charge in [-0.05, 0) is 6.42 Å². The summed E-state index contributed by atoms with van der Waals surface area (Å²) in [6.45, 7) is -0.233. The maximum absolute atomic E-state index is 10.5. The van der Waals surface area contributed by atoms with E-state index in [0.29, 0.717) is 13.0 Å². The van der Waals surface area contributed by atoms with Crippen molar-refractivity contribution in [3.63, 3.8) is 0 Å². The fourth-order valence-corrected chi connectivity index (χ4v) is 2.06. The normalized spacial score (nSPS) is 25.9. The zero-order valence-electron chi connectivity index (χ0n) is 11.4. The molecule has 120 valence electrons. The van der Waals surface area contributed by atoms with Crippen molar-refractivity contribution in [2.45, 2.75) is 34.8 Å². The Morgan fingerprint density at radius 3 is 2.26 bits per heavy atom. The lowest BCUT2D eigenvalue weighted by Crippen LogP contribution is -3.02. The molecule has 0 bridgehead atoms. The number of hydrogen-bond donors (Lipinski definition) is 1. The largest absolute Gasteiger partial charge is 0.596 e. The van der Waals surface area contributed by atoms with Crippen LogP contribution in [0.4, 0.5) is 0 Å². The molecular formula is C13H35NO4P+. The van der Waals surface area contributed by atoms with Crippen molar-refractivity contribution in [3.05, 3.63) is 0 Å². The average Bonchev–Trinajstić information content (AvgIpc) is 2.45. The molecule has 1 aliphatic heterocycles. The Kier molecular flexibility index (Phi) is 20.2. The molecule has 1 saturated heterocycles. The van der Waals surface area contributed by atoms with E-state index in [0.717, 1.165) is 0 Å². The molecule has 1 rings (SSSR count). The van der Waals surface area contributed by atoms with Crippen molar-refractivity contribution >= 4 is 8.03 Å². The summed E-state index contributed by atoms with van der Waals surface area (Å²) in [4.78, 5) is 11.9. The molecule has 0 aliphatic carbocycles. The minimum atomic E-state index is -2.39. The second-order valence-electron chi connectivity index (χ2n) is 4.31. The SMILES string of the molecule is C.C.C.C[NH+](C)C.[3H][C@@H]1C[C@H](C[P+](=O)[O-])[C@@H](COC)O1. The molecule has 6 heteroatoms. The standard InChI is InChI=1S/C7H13O4P.C3H9N.3CH4/c1-10-4-7-6(2-3-11-7)5-12(8)9;1-4(2)3;;;/h6-7H,2-5H2,1H3;1-3H3;3*1H4/p+1/t6-,7-;;;;/m1..../s1/i3T;;;;/t3-,6-,7-;;;;. The third-order valence-corrected chi connectivity index (χ3v) is 2.68. The fraction of sp³-hybridized carbons (Fsp3) is 1.00. The molecule has 1 aliphatic rings. The molecule has 5 nitrogen and oxygen atoms in total. The van der Waals surface area contributed by atoms with Crippen molar-refractivity contribution in [2.75, 3.05) is 47.6 Å². The third-order valence-electron chi connectivity index (χ3n) is 1.91. The van der Waals surface area contributed by atoms with Gasteiger partial charge in [0.1, 0.15) is 6.16 Å². The summed E-state index contributed by atoms with van der Waals surface area (Å²) >= 11 is 0. The van der Waals surface area contributed by atoms with Crippen molar-refractivity contribution in [3.8, 4) is 0 Å². The predicted molar refractivity (Wildman–Crippen MR) is 81.1 cm³/mol. The molecule has 1 fully saturated rings. The molecule has 4 atom stereocenters. The van der Waals surface area contributed by atoms with Crippen LogP contribution in [0.2, 0.25) is 0 Å². The smallest absolute Gasteiger partial charge is 0.309 e. The highest BCUT2D eigenvalue weighted by atomic mass is 31.1. The highest BCUT2D eigenvalue weighted by molar-refractivity contribution is 7.36. The van der Waals surface area contributed by atoms with Gasteiger partial charge >= 0.3 is 8.03 Å². The molecule has 0 radical (unpaired) electrons. The molecule has 1 N–H and O–H groups in total. The number of hydrogen-bond acceptors (Lipinski definition) is 4. The van der Waals surface area contributed by atoms with Crippen LogP contribution in [0, 0.1) is 5.92 Å². The fourth-order valence-electron chi connectivity index (χ4n) is 1.29. The van der Waals surface area contributed by atoms with Crippen LogP contribution in [0.25, 0.3) is 0 Å². The zero-order chi connectivity index (χ0) is 13.4. The van der Waals surface area contributed by atoms with Crippen LogP contribution in [0.5, 0.6) is 0 Å². The summed E-state index contributed by atoms with van der Waals surface area (Å²) in [5.41, 5.74) is 0. The van der Waals surface area contributed by atoms with Gasteiger partial charge in [0.2, 0.25) is 0 Å². The number of rotatable bonds is 4. The van der Waals surface area contributed by atoms with Crippen molar-refractivity contribution in [1.82, 2.24) is 0 Å². The van der Waals surface area contributed by atoms with E-state index in [4.69, 9.17) is 10.8 Å². The van der Waals surface area contributed by atoms with Crippen LogP contribution < -0.4 is 9.79 Å². The van der Waals surface area contributed by atoms with E-state index in [1.165, 1.54) is 12.0 Å². The Labute approximate surface area is 122 Å². The lowest BCUT2D eigenvalue weighted by molar-refractivity contribution is -0.836. The van der Waals surface area contributed by atoms with Crippen LogP contribution >= 0.6 is 8.03 Å². The number of quaternary nitrogens is 1. The lowest BCUT2D eigenvalue weighted by Gasteiger charge is -2.13. The molecule has 0 saturated carbocycles. The molecule has 1 unspecified atom stereocenters. The molecule has 0 spiro atoms. The highest BCUT2D eigenvalue weighted by Crippen LogP contribution is 2.27. The number of methoxy groups -OCH3 is 1. The summed E-state index contributed by atoms with van der Waals surface area (Å²) in [7, 11) is 5.40. The van der Waals surface area contributed by atoms with Gasteiger partial charge < -0.3 is 19.3 Å². The van der Waals surface area contributed by atoms with Gasteiger partial charge in [-0.2, -0.15) is 0 Å². The first-order valence-corrected chi connectivity index (χ1v) is 6.68. The van der Waals surface area contributed by atoms with Gasteiger partial charge in [-0.25, -0.2) is 0 Å². The zero-order valence-corrected chi connectivity index (χ0v) is 11.3. The highest BCUT2D eigenvalue weighted by Gasteiger charge is 2.31. The summed E-state index contributed by atoms with van der Waals surface area (Å²) in [5.74, 6) is -0.0800. The first kappa shape index (κ1) is 24.0. The quantitative estimate of drug-likeness (QED) is 0.781. The Morgan fingerprint density at radius 2 is 1.89 bits per heavy atom. The van der Waals surface area contributed by atoms with Crippen molar-refractivity contribution < 1.29 is 25.2 Å². The van der Waals surface area contributed by atoms with Gasteiger partial charge in [-0.3, -0.25) is 0 Å². The van der Waals surface area contributed by atoms with Gasteiger partial charge in [0, 0.05) is 19.6 Å². The van der Waals surface area contributed by atoms with Crippen LogP contribution in [-0.2, 0) is 14.0 Å². The van der Waals surface area contributed by atoms with E-state index in [9.17, 15) is 9.46 Å². The average molecular weight is 302 g/mol. The Balaban J connectivity index is -0.000000164. The summed E-state index contributed by atoms with van der Waals surface area (Å²) < 4.78 is 27.9. The van der Waals surface area contributed by atoms with E-state index < -0.39 is 14.6 Å². The lowest BCUT2D eigenvalue weighted by atomic mass is 10.1. The second kappa shape index (κ2) is 16.0. The topological polar surface area (TPSA) is 63.0 Å². The maximum Gasteiger partial charge on any atom is 0.309 e. The summed E-state index contributed by atoms with van der Waals surface area (Å²) in [5, 5.41) is 0. The Hall–Kier alpha value is -0.0600. The Bertz CT molecular complexity index is 230. The van der Waals surface area contributed by atoms with Gasteiger partial charge in [-0.1, -0.05) is 26.8 Å². The first-order chi connectivity index (χ1) is 7.86. The van der Waals surface area contributed by atoms with Crippen LogP contribution in [0.1, 0.15) is 30.1 Å². The molecule has 0 aromatic heterocycles. The molecule has 0 aromatic carbocycles. The Morgan fingerprint density at radius 1 is 1.42 bits per heavy atom. The van der Waals surface area contributed by atoms with Gasteiger partial charge in [0.15, 0.2) is 0 Å². The predicted octanol–water partition coefficient (Wildman–Crippen LogP) is 0.810. The molecule has 1 heterocycles. The monoisotopic (exact) mass is 302 g/mol. The van der Waals surface area contributed by atoms with Crippen molar-refractivity contribution in [1.29, 1.82) is 0 Å². The van der Waals surface area contributed by atoms with Crippen molar-refractivity contribution in [2.24, 2.45) is 5.92 Å². The number of nitrogens with one attached hydrogen (secondary N) is 1. The molecule has 0 aromatic rings. The van der Waals surface area contributed by atoms with Crippen LogP contribution in [0.15, 0.2) is 0 Å². The molecule has 0 amide bonds. The van der Waals surface area contributed by atoms with E-state index in [2.05, 4.69) is 21.1 Å².